The molecule has 3 saturated carbocycles. The first-order valence-corrected chi connectivity index (χ1v) is 16.5. The molecule has 5 rings (SSSR count). The molecule has 5 aliphatic rings. The summed E-state index contributed by atoms with van der Waals surface area (Å²) >= 11 is 0. The summed E-state index contributed by atoms with van der Waals surface area (Å²) in [6.07, 6.45) is 7.22. The van der Waals surface area contributed by atoms with E-state index in [4.69, 9.17) is 23.7 Å². The van der Waals surface area contributed by atoms with Gasteiger partial charge in [-0.25, -0.2) is 4.79 Å². The van der Waals surface area contributed by atoms with Crippen molar-refractivity contribution in [2.24, 2.45) is 28.6 Å². The number of ketones is 1. The average molecular weight is 617 g/mol. The molecule has 0 aromatic heterocycles. The van der Waals surface area contributed by atoms with Crippen LogP contribution in [0.1, 0.15) is 99.8 Å². The molecule has 4 fully saturated rings. The molecule has 1 heterocycles. The summed E-state index contributed by atoms with van der Waals surface area (Å²) < 4.78 is 30.0. The van der Waals surface area contributed by atoms with E-state index in [1.165, 1.54) is 12.5 Å². The number of aliphatic hydroxyl groups is 1. The van der Waals surface area contributed by atoms with Crippen LogP contribution in [0.25, 0.3) is 0 Å². The van der Waals surface area contributed by atoms with Crippen molar-refractivity contribution in [1.29, 1.82) is 0 Å². The lowest BCUT2D eigenvalue weighted by molar-refractivity contribution is -0.270. The fraction of sp³-hybridized carbons (Fsp3) is 0.800. The zero-order chi connectivity index (χ0) is 32.2. The molecule has 9 nitrogen and oxygen atoms in total. The molecular weight excluding hydrogens is 564 g/mol. The lowest BCUT2D eigenvalue weighted by atomic mass is 9.45. The first kappa shape index (κ1) is 33.3. The summed E-state index contributed by atoms with van der Waals surface area (Å²) in [4.78, 5) is 37.6. The average Bonchev–Trinajstić information content (AvgIpc) is 3.26. The normalized spacial score (nSPS) is 45.3. The van der Waals surface area contributed by atoms with Crippen LogP contribution in [0.5, 0.6) is 0 Å². The molecule has 0 radical (unpaired) electrons. The zero-order valence-corrected chi connectivity index (χ0v) is 27.7. The second-order valence-electron chi connectivity index (χ2n) is 14.5. The Morgan fingerprint density at radius 2 is 1.77 bits per heavy atom. The summed E-state index contributed by atoms with van der Waals surface area (Å²) in [5.41, 5.74) is -0.298. The van der Waals surface area contributed by atoms with Crippen molar-refractivity contribution in [3.63, 3.8) is 0 Å². The van der Waals surface area contributed by atoms with Crippen molar-refractivity contribution in [3.05, 3.63) is 23.3 Å². The van der Waals surface area contributed by atoms with Crippen molar-refractivity contribution in [1.82, 2.24) is 0 Å². The van der Waals surface area contributed by atoms with Crippen molar-refractivity contribution in [2.45, 2.75) is 142 Å². The molecule has 0 unspecified atom stereocenters. The van der Waals surface area contributed by atoms with E-state index in [1.54, 1.807) is 27.0 Å². The highest BCUT2D eigenvalue weighted by Gasteiger charge is 2.71. The molecule has 12 atom stereocenters. The molecule has 44 heavy (non-hydrogen) atoms. The number of hydrogen-bond acceptors (Lipinski definition) is 9. The molecule has 1 N–H and O–H groups in total. The standard InChI is InChI=1S/C35H52O9/c1-9-19(2)32(38)44-29-17-27-26(35(39)15-13-25(20(3)36)34(29,35)7)11-10-23-16-24(12-14-33(23,27)6)43-30-18-28(40-8)31(21(4)41-30)42-22(5)37/h9-10,21,24-31,39H,11-18H2,1-8H3/b19-9+/t21-,24+,25-,26-,27+,28+,29-,30+,31-,33+,34+,35+/m1/s1. The lowest BCUT2D eigenvalue weighted by Gasteiger charge is -2.63. The highest BCUT2D eigenvalue weighted by molar-refractivity contribution is 5.88. The molecule has 9 heteroatoms. The minimum absolute atomic E-state index is 0.0240. The van der Waals surface area contributed by atoms with E-state index >= 15 is 0 Å². The van der Waals surface area contributed by atoms with E-state index in [2.05, 4.69) is 13.0 Å². The van der Waals surface area contributed by atoms with E-state index in [0.29, 0.717) is 31.3 Å². The number of hydrogen-bond donors (Lipinski definition) is 1. The van der Waals surface area contributed by atoms with Crippen LogP contribution in [-0.2, 0) is 38.1 Å². The summed E-state index contributed by atoms with van der Waals surface area (Å²) in [5, 5.41) is 12.6. The summed E-state index contributed by atoms with van der Waals surface area (Å²) in [7, 11) is 1.61. The van der Waals surface area contributed by atoms with Gasteiger partial charge < -0.3 is 28.8 Å². The van der Waals surface area contributed by atoms with Gasteiger partial charge in [-0.2, -0.15) is 0 Å². The quantitative estimate of drug-likeness (QED) is 0.233. The van der Waals surface area contributed by atoms with Crippen LogP contribution in [0.3, 0.4) is 0 Å². The summed E-state index contributed by atoms with van der Waals surface area (Å²) in [6.45, 7) is 12.7. The zero-order valence-electron chi connectivity index (χ0n) is 27.7. The van der Waals surface area contributed by atoms with Crippen LogP contribution in [0.15, 0.2) is 23.3 Å². The van der Waals surface area contributed by atoms with Crippen molar-refractivity contribution >= 4 is 17.7 Å². The number of carbonyl (C=O) groups excluding carboxylic acids is 3. The van der Waals surface area contributed by atoms with E-state index in [0.717, 1.165) is 25.7 Å². The summed E-state index contributed by atoms with van der Waals surface area (Å²) in [5.74, 6) is -0.968. The highest BCUT2D eigenvalue weighted by atomic mass is 16.7. The third kappa shape index (κ3) is 5.39. The molecule has 0 bridgehead atoms. The van der Waals surface area contributed by atoms with Crippen LogP contribution in [0.4, 0.5) is 0 Å². The number of methoxy groups -OCH3 is 1. The fourth-order valence-corrected chi connectivity index (χ4v) is 9.72. The van der Waals surface area contributed by atoms with Gasteiger partial charge in [0.1, 0.15) is 18.0 Å². The molecule has 0 aromatic rings. The maximum Gasteiger partial charge on any atom is 0.333 e. The third-order valence-electron chi connectivity index (χ3n) is 12.4. The molecule has 4 aliphatic carbocycles. The molecule has 1 saturated heterocycles. The van der Waals surface area contributed by atoms with E-state index < -0.39 is 29.5 Å². The van der Waals surface area contributed by atoms with Gasteiger partial charge in [-0.3, -0.25) is 9.59 Å². The molecule has 0 spiro atoms. The number of rotatable bonds is 7. The smallest absolute Gasteiger partial charge is 0.333 e. The Kier molecular flexibility index (Phi) is 9.29. The number of esters is 2. The van der Waals surface area contributed by atoms with Crippen LogP contribution in [0, 0.1) is 28.6 Å². The highest BCUT2D eigenvalue weighted by Crippen LogP contribution is 2.68. The number of ether oxygens (including phenoxy) is 5. The van der Waals surface area contributed by atoms with E-state index in [1.807, 2.05) is 20.8 Å². The van der Waals surface area contributed by atoms with Gasteiger partial charge in [0, 0.05) is 37.4 Å². The molecule has 246 valence electrons. The second kappa shape index (κ2) is 12.3. The van der Waals surface area contributed by atoms with Gasteiger partial charge in [0.2, 0.25) is 0 Å². The minimum atomic E-state index is -1.11. The van der Waals surface area contributed by atoms with Gasteiger partial charge >= 0.3 is 11.9 Å². The Labute approximate surface area is 262 Å². The Bertz CT molecular complexity index is 1210. The van der Waals surface area contributed by atoms with Crippen LogP contribution in [0.2, 0.25) is 0 Å². The topological polar surface area (TPSA) is 118 Å². The van der Waals surface area contributed by atoms with Gasteiger partial charge in [0.05, 0.1) is 17.8 Å². The fourth-order valence-electron chi connectivity index (χ4n) is 9.72. The van der Waals surface area contributed by atoms with Crippen LogP contribution >= 0.6 is 0 Å². The number of fused-ring (bicyclic) bond motifs is 5. The van der Waals surface area contributed by atoms with Crippen molar-refractivity contribution < 1.29 is 43.2 Å². The number of carbonyl (C=O) groups is 3. The number of Topliss-reactive ketones (excluding diaryl/α,β-unsaturated/α-hetero) is 1. The maximum absolute atomic E-state index is 13.1. The van der Waals surface area contributed by atoms with Crippen LogP contribution < -0.4 is 0 Å². The second-order valence-corrected chi connectivity index (χ2v) is 14.5. The van der Waals surface area contributed by atoms with Crippen molar-refractivity contribution in [2.75, 3.05) is 7.11 Å². The monoisotopic (exact) mass is 616 g/mol. The maximum atomic E-state index is 13.1. The Morgan fingerprint density at radius 1 is 1.05 bits per heavy atom. The van der Waals surface area contributed by atoms with Crippen molar-refractivity contribution in [3.8, 4) is 0 Å². The molecule has 1 aliphatic heterocycles. The van der Waals surface area contributed by atoms with Gasteiger partial charge in [0.15, 0.2) is 12.4 Å². The predicted molar refractivity (Wildman–Crippen MR) is 162 cm³/mol. The first-order valence-electron chi connectivity index (χ1n) is 16.5. The molecule has 0 aromatic carbocycles. The predicted octanol–water partition coefficient (Wildman–Crippen LogP) is 5.22. The Hall–Kier alpha value is -2.07. The SMILES string of the molecule is C/C=C(\C)C(=O)O[C@@H]1C[C@H]2[C@@H](CC=C3C[C@@H](O[C@H]4C[C@H](OC)[C@H](OC(C)=O)[C@@H](C)O4)CC[C@@]32C)[C@@]2(O)CC[C@H](C(C)=O)[C@@]12C. The van der Waals surface area contributed by atoms with E-state index in [-0.39, 0.29) is 59.2 Å². The number of allylic oxidation sites excluding steroid dienone is 2. The van der Waals surface area contributed by atoms with E-state index in [9.17, 15) is 19.5 Å². The van der Waals surface area contributed by atoms with Crippen LogP contribution in [-0.4, -0.2) is 72.3 Å². The largest absolute Gasteiger partial charge is 0.458 e. The van der Waals surface area contributed by atoms with Gasteiger partial charge in [-0.15, -0.1) is 0 Å². The lowest BCUT2D eigenvalue weighted by Crippen LogP contribution is -2.66. The summed E-state index contributed by atoms with van der Waals surface area (Å²) in [6, 6.07) is 0. The Balaban J connectivity index is 1.37. The molecule has 0 amide bonds. The molecular formula is C35H52O9. The first-order chi connectivity index (χ1) is 20.7. The van der Waals surface area contributed by atoms with Gasteiger partial charge in [-0.05, 0) is 89.9 Å². The third-order valence-corrected chi connectivity index (χ3v) is 12.4. The Morgan fingerprint density at radius 3 is 2.41 bits per heavy atom. The minimum Gasteiger partial charge on any atom is -0.458 e. The van der Waals surface area contributed by atoms with Gasteiger partial charge in [-0.1, -0.05) is 31.6 Å². The van der Waals surface area contributed by atoms with Gasteiger partial charge in [0.25, 0.3) is 0 Å².